The van der Waals surface area contributed by atoms with Crippen LogP contribution < -0.4 is 5.32 Å². The van der Waals surface area contributed by atoms with Crippen molar-refractivity contribution in [1.82, 2.24) is 0 Å². The topological polar surface area (TPSA) is 75.6 Å². The molecule has 22 heavy (non-hydrogen) atoms. The summed E-state index contributed by atoms with van der Waals surface area (Å²) in [7, 11) is 0. The Labute approximate surface area is 128 Å². The molecular formula is C17H17NO4. The molecule has 2 N–H and O–H groups in total. The van der Waals surface area contributed by atoms with Gasteiger partial charge in [-0.2, -0.15) is 0 Å². The number of phenols is 1. The minimum atomic E-state index is -0.735. The van der Waals surface area contributed by atoms with Crippen LogP contribution in [0, 0.1) is 13.8 Å². The van der Waals surface area contributed by atoms with E-state index in [1.165, 1.54) is 6.07 Å². The van der Waals surface area contributed by atoms with Crippen LogP contribution in [0.1, 0.15) is 21.5 Å². The van der Waals surface area contributed by atoms with Gasteiger partial charge in [-0.3, -0.25) is 4.79 Å². The molecule has 0 radical (unpaired) electrons. The first-order valence-corrected chi connectivity index (χ1v) is 6.80. The van der Waals surface area contributed by atoms with Crippen molar-refractivity contribution in [2.45, 2.75) is 13.8 Å². The molecule has 2 aromatic rings. The van der Waals surface area contributed by atoms with Crippen LogP contribution in [0.4, 0.5) is 5.69 Å². The van der Waals surface area contributed by atoms with E-state index < -0.39 is 18.5 Å². The van der Waals surface area contributed by atoms with Gasteiger partial charge < -0.3 is 15.2 Å². The van der Waals surface area contributed by atoms with Gasteiger partial charge >= 0.3 is 5.97 Å². The quantitative estimate of drug-likeness (QED) is 0.851. The van der Waals surface area contributed by atoms with E-state index in [9.17, 15) is 14.7 Å². The zero-order valence-electron chi connectivity index (χ0n) is 12.4. The molecule has 0 unspecified atom stereocenters. The molecule has 0 aliphatic carbocycles. The number of rotatable bonds is 4. The fourth-order valence-corrected chi connectivity index (χ4v) is 1.93. The summed E-state index contributed by atoms with van der Waals surface area (Å²) in [5.74, 6) is -1.30. The Morgan fingerprint density at radius 2 is 1.73 bits per heavy atom. The number of hydrogen-bond acceptors (Lipinski definition) is 4. The summed E-state index contributed by atoms with van der Waals surface area (Å²) >= 11 is 0. The van der Waals surface area contributed by atoms with Gasteiger partial charge in [0.25, 0.3) is 5.91 Å². The highest BCUT2D eigenvalue weighted by molar-refractivity contribution is 5.97. The number of aryl methyl sites for hydroxylation is 2. The fourth-order valence-electron chi connectivity index (χ4n) is 1.93. The molecule has 1 amide bonds. The van der Waals surface area contributed by atoms with Crippen LogP contribution in [0.25, 0.3) is 0 Å². The Morgan fingerprint density at radius 3 is 2.45 bits per heavy atom. The van der Waals surface area contributed by atoms with E-state index >= 15 is 0 Å². The SMILES string of the molecule is Cc1ccccc1NC(=O)COC(=O)c1cccc(C)c1O. The van der Waals surface area contributed by atoms with Crippen molar-refractivity contribution in [2.24, 2.45) is 0 Å². The third-order valence-electron chi connectivity index (χ3n) is 3.21. The minimum Gasteiger partial charge on any atom is -0.507 e. The molecule has 0 saturated carbocycles. The van der Waals surface area contributed by atoms with Gasteiger partial charge in [0, 0.05) is 5.69 Å². The lowest BCUT2D eigenvalue weighted by molar-refractivity contribution is -0.119. The summed E-state index contributed by atoms with van der Waals surface area (Å²) in [5, 5.41) is 12.5. The van der Waals surface area contributed by atoms with Crippen molar-refractivity contribution >= 4 is 17.6 Å². The number of phenolic OH excluding ortho intramolecular Hbond substituents is 1. The number of nitrogens with one attached hydrogen (secondary N) is 1. The molecule has 0 aromatic heterocycles. The van der Waals surface area contributed by atoms with E-state index in [1.54, 1.807) is 31.2 Å². The van der Waals surface area contributed by atoms with E-state index in [0.717, 1.165) is 5.56 Å². The Bertz CT molecular complexity index is 710. The fraction of sp³-hybridized carbons (Fsp3) is 0.176. The molecule has 5 heteroatoms. The van der Waals surface area contributed by atoms with E-state index in [4.69, 9.17) is 4.74 Å². The lowest BCUT2D eigenvalue weighted by Gasteiger charge is -2.09. The number of benzene rings is 2. The number of ether oxygens (including phenoxy) is 1. The van der Waals surface area contributed by atoms with Crippen molar-refractivity contribution in [3.8, 4) is 5.75 Å². The number of aromatic hydroxyl groups is 1. The van der Waals surface area contributed by atoms with Crippen LogP contribution in [0.15, 0.2) is 42.5 Å². The molecular weight excluding hydrogens is 282 g/mol. The first-order chi connectivity index (χ1) is 10.5. The number of hydrogen-bond donors (Lipinski definition) is 2. The van der Waals surface area contributed by atoms with Gasteiger partial charge in [0.15, 0.2) is 6.61 Å². The first kappa shape index (κ1) is 15.6. The zero-order chi connectivity index (χ0) is 16.1. The molecule has 0 spiro atoms. The lowest BCUT2D eigenvalue weighted by Crippen LogP contribution is -2.21. The molecule has 2 rings (SSSR count). The van der Waals surface area contributed by atoms with E-state index in [1.807, 2.05) is 19.1 Å². The van der Waals surface area contributed by atoms with Gasteiger partial charge in [-0.05, 0) is 37.1 Å². The average molecular weight is 299 g/mol. The zero-order valence-corrected chi connectivity index (χ0v) is 12.4. The predicted octanol–water partition coefficient (Wildman–Crippen LogP) is 2.80. The molecule has 114 valence electrons. The Hall–Kier alpha value is -2.82. The molecule has 0 aliphatic rings. The summed E-state index contributed by atoms with van der Waals surface area (Å²) in [6, 6.07) is 12.1. The molecule has 0 aliphatic heterocycles. The lowest BCUT2D eigenvalue weighted by atomic mass is 10.1. The summed E-state index contributed by atoms with van der Waals surface area (Å²) in [6.45, 7) is 3.13. The third-order valence-corrected chi connectivity index (χ3v) is 3.21. The van der Waals surface area contributed by atoms with Gasteiger partial charge in [0.05, 0.1) is 0 Å². The molecule has 0 bridgehead atoms. The number of amides is 1. The molecule has 0 heterocycles. The normalized spacial score (nSPS) is 10.1. The van der Waals surface area contributed by atoms with Gasteiger partial charge in [-0.25, -0.2) is 4.79 Å². The second kappa shape index (κ2) is 6.76. The van der Waals surface area contributed by atoms with Crippen LogP contribution in [-0.4, -0.2) is 23.6 Å². The van der Waals surface area contributed by atoms with Gasteiger partial charge in [0.1, 0.15) is 11.3 Å². The van der Waals surface area contributed by atoms with Crippen LogP contribution in [0.3, 0.4) is 0 Å². The van der Waals surface area contributed by atoms with Crippen LogP contribution in [-0.2, 0) is 9.53 Å². The van der Waals surface area contributed by atoms with Gasteiger partial charge in [-0.15, -0.1) is 0 Å². The highest BCUT2D eigenvalue weighted by atomic mass is 16.5. The second-order valence-electron chi connectivity index (χ2n) is 4.91. The molecule has 0 fully saturated rings. The van der Waals surface area contributed by atoms with E-state index in [2.05, 4.69) is 5.32 Å². The van der Waals surface area contributed by atoms with Crippen LogP contribution >= 0.6 is 0 Å². The van der Waals surface area contributed by atoms with Crippen molar-refractivity contribution in [3.05, 3.63) is 59.2 Å². The maximum Gasteiger partial charge on any atom is 0.342 e. The number of anilines is 1. The largest absolute Gasteiger partial charge is 0.507 e. The third kappa shape index (κ3) is 3.63. The summed E-state index contributed by atoms with van der Waals surface area (Å²) in [5.41, 5.74) is 2.20. The summed E-state index contributed by atoms with van der Waals surface area (Å²) < 4.78 is 4.93. The van der Waals surface area contributed by atoms with E-state index in [0.29, 0.717) is 11.3 Å². The molecule has 2 aromatic carbocycles. The maximum absolute atomic E-state index is 11.9. The Balaban J connectivity index is 1.95. The van der Waals surface area contributed by atoms with Crippen molar-refractivity contribution in [2.75, 3.05) is 11.9 Å². The highest BCUT2D eigenvalue weighted by Crippen LogP contribution is 2.22. The average Bonchev–Trinajstić information content (AvgIpc) is 2.50. The van der Waals surface area contributed by atoms with Crippen LogP contribution in [0.5, 0.6) is 5.75 Å². The molecule has 0 atom stereocenters. The maximum atomic E-state index is 11.9. The molecule has 5 nitrogen and oxygen atoms in total. The Morgan fingerprint density at radius 1 is 1.05 bits per heavy atom. The Kier molecular flexibility index (Phi) is 4.78. The molecule has 0 saturated heterocycles. The predicted molar refractivity (Wildman–Crippen MR) is 82.9 cm³/mol. The number of esters is 1. The van der Waals surface area contributed by atoms with Crippen molar-refractivity contribution in [1.29, 1.82) is 0 Å². The van der Waals surface area contributed by atoms with Crippen molar-refractivity contribution in [3.63, 3.8) is 0 Å². The summed E-state index contributed by atoms with van der Waals surface area (Å²) in [4.78, 5) is 23.7. The van der Waals surface area contributed by atoms with Crippen LogP contribution in [0.2, 0.25) is 0 Å². The number of carbonyl (C=O) groups is 2. The van der Waals surface area contributed by atoms with Crippen molar-refractivity contribution < 1.29 is 19.4 Å². The standard InChI is InChI=1S/C17H17NO4/c1-11-6-3-4-9-14(11)18-15(19)10-22-17(21)13-8-5-7-12(2)16(13)20/h3-9,20H,10H2,1-2H3,(H,18,19). The van der Waals surface area contributed by atoms with Gasteiger partial charge in [0.2, 0.25) is 0 Å². The second-order valence-corrected chi connectivity index (χ2v) is 4.91. The minimum absolute atomic E-state index is 0.0451. The van der Waals surface area contributed by atoms with E-state index in [-0.39, 0.29) is 11.3 Å². The number of para-hydroxylation sites is 2. The first-order valence-electron chi connectivity index (χ1n) is 6.80. The summed E-state index contributed by atoms with van der Waals surface area (Å²) in [6.07, 6.45) is 0. The highest BCUT2D eigenvalue weighted by Gasteiger charge is 2.15. The monoisotopic (exact) mass is 299 g/mol. The smallest absolute Gasteiger partial charge is 0.342 e. The van der Waals surface area contributed by atoms with Gasteiger partial charge in [-0.1, -0.05) is 30.3 Å². The number of carbonyl (C=O) groups excluding carboxylic acids is 2.